The van der Waals surface area contributed by atoms with E-state index in [-0.39, 0.29) is 25.7 Å². The van der Waals surface area contributed by atoms with Gasteiger partial charge in [0.2, 0.25) is 0 Å². The molecule has 3 N–H and O–H groups in total. The van der Waals surface area contributed by atoms with E-state index in [2.05, 4.69) is 55.4 Å². The average molecular weight is 1340 g/mol. The van der Waals surface area contributed by atoms with Gasteiger partial charge in [0.15, 0.2) is 12.2 Å². The number of carbonyl (C=O) groups excluding carboxylic acids is 4. The fourth-order valence-electron chi connectivity index (χ4n) is 10.8. The molecule has 0 saturated heterocycles. The lowest BCUT2D eigenvalue weighted by Crippen LogP contribution is -2.30. The first-order chi connectivity index (χ1) is 43.6. The summed E-state index contributed by atoms with van der Waals surface area (Å²) in [6.07, 6.45) is 44.6. The van der Waals surface area contributed by atoms with Crippen LogP contribution in [0.1, 0.15) is 357 Å². The Hall–Kier alpha value is -1.94. The summed E-state index contributed by atoms with van der Waals surface area (Å²) in [5.41, 5.74) is 0. The van der Waals surface area contributed by atoms with Crippen LogP contribution in [-0.2, 0) is 65.4 Å². The van der Waals surface area contributed by atoms with Crippen molar-refractivity contribution in [2.24, 2.45) is 23.7 Å². The number of rotatable bonds is 69. The molecular weight excluding hydrogens is 1200 g/mol. The van der Waals surface area contributed by atoms with E-state index >= 15 is 0 Å². The van der Waals surface area contributed by atoms with Crippen LogP contribution in [0.5, 0.6) is 0 Å². The first-order valence-corrected chi connectivity index (χ1v) is 40.2. The van der Waals surface area contributed by atoms with Crippen LogP contribution >= 0.6 is 15.6 Å². The second-order valence-corrected chi connectivity index (χ2v) is 30.6. The van der Waals surface area contributed by atoms with E-state index in [1.807, 2.05) is 0 Å². The maximum absolute atomic E-state index is 13.0. The molecule has 91 heavy (non-hydrogen) atoms. The van der Waals surface area contributed by atoms with Gasteiger partial charge in [-0.2, -0.15) is 0 Å². The van der Waals surface area contributed by atoms with E-state index < -0.39 is 97.5 Å². The van der Waals surface area contributed by atoms with Gasteiger partial charge in [0.1, 0.15) is 19.3 Å². The van der Waals surface area contributed by atoms with E-state index in [1.165, 1.54) is 154 Å². The van der Waals surface area contributed by atoms with Gasteiger partial charge in [-0.05, 0) is 49.4 Å². The minimum Gasteiger partial charge on any atom is -0.462 e. The summed E-state index contributed by atoms with van der Waals surface area (Å²) in [6.45, 7) is 14.1. The number of phosphoric ester groups is 2. The molecular formula is C72H140O17P2. The van der Waals surface area contributed by atoms with E-state index in [0.29, 0.717) is 31.6 Å². The van der Waals surface area contributed by atoms with Crippen molar-refractivity contribution in [3.8, 4) is 0 Å². The fourth-order valence-corrected chi connectivity index (χ4v) is 12.4. The van der Waals surface area contributed by atoms with E-state index in [1.54, 1.807) is 0 Å². The molecule has 0 aliphatic carbocycles. The Morgan fingerprint density at radius 1 is 0.308 bits per heavy atom. The standard InChI is InChI=1S/C72H140O17P2/c1-9-65(8)51-43-35-26-22-23-27-36-44-52-69(74)82-58-67(88-72(77)55-47-39-29-21-17-19-25-33-41-49-63(4)5)60-86-90(78,79)84-56-66(73)57-85-91(80,81)87-61-68(59-83-70(75)53-45-37-31-30-34-42-50-64(6)7)89-71(76)54-46-38-28-20-16-14-12-10-11-13-15-18-24-32-40-48-62(2)3/h62-68,73H,9-61H2,1-8H3,(H,78,79)(H,80,81)/t65?,66?,67-,68-/m1/s1. The molecule has 19 heteroatoms. The first-order valence-electron chi connectivity index (χ1n) is 37.2. The van der Waals surface area contributed by atoms with Crippen LogP contribution in [0.4, 0.5) is 0 Å². The molecule has 0 aromatic heterocycles. The van der Waals surface area contributed by atoms with E-state index in [9.17, 15) is 43.2 Å². The zero-order valence-electron chi connectivity index (χ0n) is 59.5. The summed E-state index contributed by atoms with van der Waals surface area (Å²) in [7, 11) is -9.91. The SMILES string of the molecule is CCC(C)CCCCCCCCCCC(=O)OC[C@H](COP(=O)(O)OCC(O)COP(=O)(O)OC[C@@H](COC(=O)CCCCCCCCC(C)C)OC(=O)CCCCCCCCCCCCCCCCCC(C)C)OC(=O)CCCCCCCCCCCC(C)C. The molecule has 0 spiro atoms. The zero-order chi connectivity index (χ0) is 67.5. The van der Waals surface area contributed by atoms with Gasteiger partial charge in [0, 0.05) is 25.7 Å². The molecule has 0 rings (SSSR count). The maximum Gasteiger partial charge on any atom is 0.472 e. The molecule has 6 atom stereocenters. The largest absolute Gasteiger partial charge is 0.472 e. The predicted molar refractivity (Wildman–Crippen MR) is 367 cm³/mol. The zero-order valence-corrected chi connectivity index (χ0v) is 61.3. The van der Waals surface area contributed by atoms with Gasteiger partial charge < -0.3 is 33.8 Å². The smallest absolute Gasteiger partial charge is 0.462 e. The highest BCUT2D eigenvalue weighted by atomic mass is 31.2. The molecule has 17 nitrogen and oxygen atoms in total. The Kier molecular flexibility index (Phi) is 60.3. The van der Waals surface area contributed by atoms with Crippen LogP contribution < -0.4 is 0 Å². The van der Waals surface area contributed by atoms with Gasteiger partial charge in [0.25, 0.3) is 0 Å². The minimum atomic E-state index is -4.95. The minimum absolute atomic E-state index is 0.104. The Balaban J connectivity index is 5.22. The Bertz CT molecular complexity index is 1800. The molecule has 0 heterocycles. The molecule has 0 aromatic carbocycles. The lowest BCUT2D eigenvalue weighted by molar-refractivity contribution is -0.161. The van der Waals surface area contributed by atoms with Gasteiger partial charge in [0.05, 0.1) is 26.4 Å². The summed E-state index contributed by atoms with van der Waals surface area (Å²) >= 11 is 0. The number of aliphatic hydroxyl groups excluding tert-OH is 1. The lowest BCUT2D eigenvalue weighted by Gasteiger charge is -2.21. The quantitative estimate of drug-likeness (QED) is 0.0222. The number of carbonyl (C=O) groups is 4. The average Bonchev–Trinajstić information content (AvgIpc) is 3.04. The summed E-state index contributed by atoms with van der Waals surface area (Å²) in [4.78, 5) is 72.6. The van der Waals surface area contributed by atoms with E-state index in [0.717, 1.165) is 114 Å². The molecule has 0 amide bonds. The Morgan fingerprint density at radius 2 is 0.527 bits per heavy atom. The molecule has 0 saturated carbocycles. The summed E-state index contributed by atoms with van der Waals surface area (Å²) < 4.78 is 68.3. The molecule has 0 aliphatic heterocycles. The van der Waals surface area contributed by atoms with Crippen LogP contribution in [0.2, 0.25) is 0 Å². The third kappa shape index (κ3) is 65.1. The number of unbranched alkanes of at least 4 members (excludes halogenated alkanes) is 34. The van der Waals surface area contributed by atoms with Gasteiger partial charge in [-0.1, -0.05) is 306 Å². The van der Waals surface area contributed by atoms with Crippen molar-refractivity contribution in [3.05, 3.63) is 0 Å². The van der Waals surface area contributed by atoms with Crippen molar-refractivity contribution in [3.63, 3.8) is 0 Å². The summed E-state index contributed by atoms with van der Waals surface area (Å²) in [6, 6.07) is 0. The lowest BCUT2D eigenvalue weighted by atomic mass is 9.99. The molecule has 0 aromatic rings. The highest BCUT2D eigenvalue weighted by Gasteiger charge is 2.30. The van der Waals surface area contributed by atoms with Gasteiger partial charge in [-0.15, -0.1) is 0 Å². The topological polar surface area (TPSA) is 237 Å². The van der Waals surface area contributed by atoms with Crippen LogP contribution in [0.3, 0.4) is 0 Å². The van der Waals surface area contributed by atoms with Crippen LogP contribution in [0.25, 0.3) is 0 Å². The number of phosphoric acid groups is 2. The van der Waals surface area contributed by atoms with E-state index in [4.69, 9.17) is 37.0 Å². The van der Waals surface area contributed by atoms with Gasteiger partial charge in [-0.3, -0.25) is 37.3 Å². The second-order valence-electron chi connectivity index (χ2n) is 27.6. The Labute approximate surface area is 556 Å². The van der Waals surface area contributed by atoms with Crippen LogP contribution in [0, 0.1) is 23.7 Å². The van der Waals surface area contributed by atoms with Gasteiger partial charge >= 0.3 is 39.5 Å². The fraction of sp³-hybridized carbons (Fsp3) is 0.944. The number of hydrogen-bond donors (Lipinski definition) is 3. The number of ether oxygens (including phenoxy) is 4. The monoisotopic (exact) mass is 1340 g/mol. The second kappa shape index (κ2) is 61.6. The first kappa shape index (κ1) is 89.1. The molecule has 0 radical (unpaired) electrons. The number of hydrogen-bond acceptors (Lipinski definition) is 15. The Morgan fingerprint density at radius 3 is 0.780 bits per heavy atom. The van der Waals surface area contributed by atoms with Crippen molar-refractivity contribution in [1.82, 2.24) is 0 Å². The third-order valence-electron chi connectivity index (χ3n) is 16.9. The molecule has 0 fully saturated rings. The van der Waals surface area contributed by atoms with Crippen molar-refractivity contribution in [1.29, 1.82) is 0 Å². The highest BCUT2D eigenvalue weighted by molar-refractivity contribution is 7.47. The highest BCUT2D eigenvalue weighted by Crippen LogP contribution is 2.45. The summed E-state index contributed by atoms with van der Waals surface area (Å²) in [5, 5.41) is 10.6. The summed E-state index contributed by atoms with van der Waals surface area (Å²) in [5.74, 6) is 0.867. The third-order valence-corrected chi connectivity index (χ3v) is 18.8. The normalized spacial score (nSPS) is 14.5. The predicted octanol–water partition coefficient (Wildman–Crippen LogP) is 20.5. The number of esters is 4. The molecule has 0 bridgehead atoms. The molecule has 4 unspecified atom stereocenters. The maximum atomic E-state index is 13.0. The van der Waals surface area contributed by atoms with Crippen LogP contribution in [0.15, 0.2) is 0 Å². The number of aliphatic hydroxyl groups is 1. The molecule has 540 valence electrons. The van der Waals surface area contributed by atoms with Crippen molar-refractivity contribution in [2.45, 2.75) is 375 Å². The van der Waals surface area contributed by atoms with Gasteiger partial charge in [-0.25, -0.2) is 9.13 Å². The van der Waals surface area contributed by atoms with Crippen LogP contribution in [-0.4, -0.2) is 96.7 Å². The van der Waals surface area contributed by atoms with Crippen molar-refractivity contribution in [2.75, 3.05) is 39.6 Å². The van der Waals surface area contributed by atoms with Crippen molar-refractivity contribution >= 4 is 39.5 Å². The molecule has 0 aliphatic rings. The van der Waals surface area contributed by atoms with Crippen molar-refractivity contribution < 1.29 is 80.2 Å².